The van der Waals surface area contributed by atoms with Gasteiger partial charge >= 0.3 is 0 Å². The largest absolute Gasteiger partial charge is 0.496 e. The molecule has 2 aromatic carbocycles. The van der Waals surface area contributed by atoms with E-state index in [-0.39, 0.29) is 15.4 Å². The Bertz CT molecular complexity index is 1120. The van der Waals surface area contributed by atoms with E-state index in [1.807, 2.05) is 0 Å². The van der Waals surface area contributed by atoms with E-state index >= 15 is 0 Å². The van der Waals surface area contributed by atoms with Crippen LogP contribution in [0.4, 0.5) is 5.69 Å². The Kier molecular flexibility index (Phi) is 4.61. The van der Waals surface area contributed by atoms with Crippen LogP contribution in [0.1, 0.15) is 5.56 Å². The summed E-state index contributed by atoms with van der Waals surface area (Å²) in [5.74, 6) is 0.405. The minimum atomic E-state index is -4.17. The third kappa shape index (κ3) is 2.79. The summed E-state index contributed by atoms with van der Waals surface area (Å²) >= 11 is 5.76. The Morgan fingerprint density at radius 1 is 1.31 bits per heavy atom. The molecule has 0 saturated carbocycles. The molecule has 0 aliphatic carbocycles. The van der Waals surface area contributed by atoms with Crippen molar-refractivity contribution in [1.82, 2.24) is 3.97 Å². The number of nitro groups is 1. The molecule has 3 rings (SSSR count). The molecule has 0 aliphatic heterocycles. The van der Waals surface area contributed by atoms with E-state index in [1.165, 1.54) is 19.4 Å². The van der Waals surface area contributed by atoms with Crippen LogP contribution < -0.4 is 4.74 Å². The zero-order valence-electron chi connectivity index (χ0n) is 13.4. The summed E-state index contributed by atoms with van der Waals surface area (Å²) in [6.07, 6.45) is 1.27. The average molecular weight is 397 g/mol. The second kappa shape index (κ2) is 6.60. The van der Waals surface area contributed by atoms with Crippen LogP contribution in [0.2, 0.25) is 5.02 Å². The number of halogens is 1. The Labute approximate surface area is 153 Å². The molecule has 8 nitrogen and oxygen atoms in total. The minimum absolute atomic E-state index is 0.163. The summed E-state index contributed by atoms with van der Waals surface area (Å²) < 4.78 is 32.3. The monoisotopic (exact) mass is 396 g/mol. The maximum absolute atomic E-state index is 13.0. The third-order valence-electron chi connectivity index (χ3n) is 3.90. The smallest absolute Gasteiger partial charge is 0.289 e. The SMILES string of the molecule is COc1cccc2c1c(CO)cn2S(=O)(=O)c1ccc(Cl)c([N+](=O)[O-])c1. The van der Waals surface area contributed by atoms with E-state index in [0.717, 1.165) is 16.1 Å². The van der Waals surface area contributed by atoms with Gasteiger partial charge in [-0.1, -0.05) is 17.7 Å². The van der Waals surface area contributed by atoms with E-state index in [0.29, 0.717) is 16.7 Å². The van der Waals surface area contributed by atoms with Gasteiger partial charge in [-0.05, 0) is 24.3 Å². The second-order valence-corrected chi connectivity index (χ2v) is 7.56. The molecule has 1 heterocycles. The second-order valence-electron chi connectivity index (χ2n) is 5.34. The first-order chi connectivity index (χ1) is 12.3. The number of rotatable bonds is 5. The molecule has 0 bridgehead atoms. The van der Waals surface area contributed by atoms with E-state index in [2.05, 4.69) is 0 Å². The van der Waals surface area contributed by atoms with Crippen LogP contribution >= 0.6 is 11.6 Å². The summed E-state index contributed by atoms with van der Waals surface area (Å²) in [6, 6.07) is 8.06. The molecular formula is C16H13ClN2O6S. The highest BCUT2D eigenvalue weighted by Gasteiger charge is 2.25. The molecular weight excluding hydrogens is 384 g/mol. The van der Waals surface area contributed by atoms with Gasteiger partial charge in [-0.2, -0.15) is 0 Å². The quantitative estimate of drug-likeness (QED) is 0.524. The third-order valence-corrected chi connectivity index (χ3v) is 5.89. The van der Waals surface area contributed by atoms with Crippen molar-refractivity contribution in [2.75, 3.05) is 7.11 Å². The number of aliphatic hydroxyl groups excluding tert-OH is 1. The highest BCUT2D eigenvalue weighted by Crippen LogP contribution is 2.34. The first-order valence-corrected chi connectivity index (χ1v) is 9.10. The predicted octanol–water partition coefficient (Wildman–Crippen LogP) is 2.94. The summed E-state index contributed by atoms with van der Waals surface area (Å²) in [5.41, 5.74) is 0.125. The number of methoxy groups -OCH3 is 1. The number of aliphatic hydroxyl groups is 1. The van der Waals surface area contributed by atoms with Crippen LogP contribution in [0.25, 0.3) is 10.9 Å². The van der Waals surface area contributed by atoms with Crippen LogP contribution in [0.15, 0.2) is 47.5 Å². The standard InChI is InChI=1S/C16H13ClN2O6S/c1-25-15-4-2-3-13-16(15)10(9-20)8-18(13)26(23,24)11-5-6-12(17)14(7-11)19(21)22/h2-8,20H,9H2,1H3. The average Bonchev–Trinajstić information content (AvgIpc) is 3.01. The number of ether oxygens (including phenoxy) is 1. The number of benzene rings is 2. The van der Waals surface area contributed by atoms with Crippen LogP contribution in [0.5, 0.6) is 5.75 Å². The van der Waals surface area contributed by atoms with Crippen molar-refractivity contribution in [3.8, 4) is 5.75 Å². The van der Waals surface area contributed by atoms with Crippen LogP contribution in [-0.4, -0.2) is 29.5 Å². The molecule has 1 aromatic heterocycles. The Morgan fingerprint density at radius 3 is 2.65 bits per heavy atom. The van der Waals surface area contributed by atoms with Gasteiger partial charge in [0.25, 0.3) is 15.7 Å². The first-order valence-electron chi connectivity index (χ1n) is 7.28. The fourth-order valence-corrected chi connectivity index (χ4v) is 4.29. The molecule has 0 aliphatic rings. The molecule has 10 heteroatoms. The van der Waals surface area contributed by atoms with Gasteiger partial charge in [0.1, 0.15) is 10.8 Å². The van der Waals surface area contributed by atoms with Crippen molar-refractivity contribution in [3.63, 3.8) is 0 Å². The lowest BCUT2D eigenvalue weighted by Crippen LogP contribution is -2.12. The van der Waals surface area contributed by atoms with Gasteiger partial charge in [-0.15, -0.1) is 0 Å². The first kappa shape index (κ1) is 18.2. The maximum atomic E-state index is 13.0. The van der Waals surface area contributed by atoms with Crippen molar-refractivity contribution >= 4 is 38.2 Å². The van der Waals surface area contributed by atoms with E-state index in [9.17, 15) is 23.6 Å². The minimum Gasteiger partial charge on any atom is -0.496 e. The van der Waals surface area contributed by atoms with Crippen LogP contribution in [0.3, 0.4) is 0 Å². The summed E-state index contributed by atoms with van der Waals surface area (Å²) in [7, 11) is -2.73. The lowest BCUT2D eigenvalue weighted by molar-refractivity contribution is -0.384. The Balaban J connectivity index is 2.29. The highest BCUT2D eigenvalue weighted by atomic mass is 35.5. The fraction of sp³-hybridized carbons (Fsp3) is 0.125. The number of nitro benzene ring substituents is 1. The van der Waals surface area contributed by atoms with Crippen LogP contribution in [-0.2, 0) is 16.6 Å². The van der Waals surface area contributed by atoms with Gasteiger partial charge in [-0.3, -0.25) is 10.1 Å². The normalized spacial score (nSPS) is 11.7. The molecule has 0 fully saturated rings. The maximum Gasteiger partial charge on any atom is 0.289 e. The molecule has 0 saturated heterocycles. The van der Waals surface area contributed by atoms with E-state index in [1.54, 1.807) is 18.2 Å². The van der Waals surface area contributed by atoms with Crippen molar-refractivity contribution in [2.24, 2.45) is 0 Å². The van der Waals surface area contributed by atoms with Crippen LogP contribution in [0, 0.1) is 10.1 Å². The molecule has 3 aromatic rings. The van der Waals surface area contributed by atoms with Crippen molar-refractivity contribution in [3.05, 3.63) is 63.3 Å². The van der Waals surface area contributed by atoms with Gasteiger partial charge in [0, 0.05) is 23.2 Å². The fourth-order valence-electron chi connectivity index (χ4n) is 2.70. The van der Waals surface area contributed by atoms with E-state index < -0.39 is 27.2 Å². The zero-order valence-corrected chi connectivity index (χ0v) is 15.0. The number of hydrogen-bond donors (Lipinski definition) is 1. The van der Waals surface area contributed by atoms with Crippen molar-refractivity contribution in [1.29, 1.82) is 0 Å². The summed E-state index contributed by atoms with van der Waals surface area (Å²) in [4.78, 5) is 10.0. The lowest BCUT2D eigenvalue weighted by Gasteiger charge is -2.09. The molecule has 0 spiro atoms. The summed E-state index contributed by atoms with van der Waals surface area (Å²) in [5, 5.41) is 20.9. The topological polar surface area (TPSA) is 112 Å². The van der Waals surface area contributed by atoms with E-state index in [4.69, 9.17) is 16.3 Å². The van der Waals surface area contributed by atoms with Gasteiger partial charge in [0.2, 0.25) is 0 Å². The van der Waals surface area contributed by atoms with Gasteiger partial charge in [-0.25, -0.2) is 12.4 Å². The number of hydrogen-bond acceptors (Lipinski definition) is 6. The molecule has 136 valence electrons. The number of aromatic nitrogens is 1. The van der Waals surface area contributed by atoms with Gasteiger partial charge < -0.3 is 9.84 Å². The Hall–Kier alpha value is -2.62. The Morgan fingerprint density at radius 2 is 2.04 bits per heavy atom. The predicted molar refractivity (Wildman–Crippen MR) is 95.1 cm³/mol. The molecule has 0 atom stereocenters. The molecule has 0 unspecified atom stereocenters. The van der Waals surface area contributed by atoms with Crippen molar-refractivity contribution in [2.45, 2.75) is 11.5 Å². The summed E-state index contributed by atoms with van der Waals surface area (Å²) in [6.45, 7) is -0.403. The number of fused-ring (bicyclic) bond motifs is 1. The zero-order chi connectivity index (χ0) is 19.1. The molecule has 0 radical (unpaired) electrons. The van der Waals surface area contributed by atoms with Gasteiger partial charge in [0.05, 0.1) is 29.1 Å². The molecule has 1 N–H and O–H groups in total. The van der Waals surface area contributed by atoms with Crippen molar-refractivity contribution < 1.29 is 23.2 Å². The molecule has 0 amide bonds. The van der Waals surface area contributed by atoms with Gasteiger partial charge in [0.15, 0.2) is 0 Å². The highest BCUT2D eigenvalue weighted by molar-refractivity contribution is 7.90. The lowest BCUT2D eigenvalue weighted by atomic mass is 10.1. The molecule has 26 heavy (non-hydrogen) atoms. The number of nitrogens with zero attached hydrogens (tertiary/aromatic N) is 2.